The molecule has 13 heteroatoms. The number of halogens is 5. The van der Waals surface area contributed by atoms with Crippen LogP contribution in [-0.2, 0) is 12.7 Å². The van der Waals surface area contributed by atoms with Gasteiger partial charge in [0.2, 0.25) is 5.82 Å². The second-order valence-electron chi connectivity index (χ2n) is 6.80. The van der Waals surface area contributed by atoms with Crippen LogP contribution in [0.4, 0.5) is 22.0 Å². The van der Waals surface area contributed by atoms with Crippen molar-refractivity contribution in [3.8, 4) is 11.5 Å². The summed E-state index contributed by atoms with van der Waals surface area (Å²) < 4.78 is 68.7. The van der Waals surface area contributed by atoms with Crippen LogP contribution in [-0.4, -0.2) is 34.3 Å². The Morgan fingerprint density at radius 1 is 1.13 bits per heavy atom. The summed E-state index contributed by atoms with van der Waals surface area (Å²) in [6.07, 6.45) is -5.92. The molecular formula is C18H12F5N7S. The van der Waals surface area contributed by atoms with Crippen molar-refractivity contribution in [2.75, 3.05) is 0 Å². The maximum Gasteiger partial charge on any atom is 0.435 e. The van der Waals surface area contributed by atoms with Gasteiger partial charge < -0.3 is 0 Å². The van der Waals surface area contributed by atoms with Crippen molar-refractivity contribution in [1.29, 1.82) is 0 Å². The van der Waals surface area contributed by atoms with E-state index in [1.54, 1.807) is 13.8 Å². The van der Waals surface area contributed by atoms with Gasteiger partial charge in [0.15, 0.2) is 11.3 Å². The molecule has 0 atom stereocenters. The SMILES string of the molecule is CCn1nc(C(F)(F)F)cc1-c1nc2c3sc4nc(C(F)F)cc(C)c4c3ncn2n1. The number of nitrogens with zero attached hydrogens (tertiary/aromatic N) is 7. The van der Waals surface area contributed by atoms with E-state index in [9.17, 15) is 22.0 Å². The number of pyridine rings is 1. The lowest BCUT2D eigenvalue weighted by molar-refractivity contribution is -0.141. The third kappa shape index (κ3) is 3.02. The zero-order chi connectivity index (χ0) is 22.1. The van der Waals surface area contributed by atoms with Gasteiger partial charge in [-0.2, -0.15) is 18.3 Å². The quantitative estimate of drug-likeness (QED) is 0.358. The summed E-state index contributed by atoms with van der Waals surface area (Å²) in [7, 11) is 0. The van der Waals surface area contributed by atoms with Crippen LogP contribution in [0.3, 0.4) is 0 Å². The number of aromatic nitrogens is 7. The number of hydrogen-bond donors (Lipinski definition) is 0. The number of thiophene rings is 1. The van der Waals surface area contributed by atoms with Crippen molar-refractivity contribution in [3.05, 3.63) is 35.4 Å². The fraction of sp³-hybridized carbons (Fsp3) is 0.278. The number of alkyl halides is 5. The summed E-state index contributed by atoms with van der Waals surface area (Å²) in [5.41, 5.74) is 0.216. The van der Waals surface area contributed by atoms with Crippen LogP contribution in [0.5, 0.6) is 0 Å². The van der Waals surface area contributed by atoms with E-state index in [-0.39, 0.29) is 23.8 Å². The van der Waals surface area contributed by atoms with Crippen molar-refractivity contribution in [3.63, 3.8) is 0 Å². The number of rotatable bonds is 3. The van der Waals surface area contributed by atoms with Crippen molar-refractivity contribution in [2.24, 2.45) is 0 Å². The highest BCUT2D eigenvalue weighted by atomic mass is 32.1. The van der Waals surface area contributed by atoms with Crippen molar-refractivity contribution >= 4 is 37.4 Å². The number of aryl methyl sites for hydroxylation is 2. The van der Waals surface area contributed by atoms with E-state index in [0.717, 1.165) is 17.4 Å². The van der Waals surface area contributed by atoms with Crippen LogP contribution in [0.2, 0.25) is 0 Å². The average Bonchev–Trinajstić information content (AvgIpc) is 3.40. The fourth-order valence-electron chi connectivity index (χ4n) is 3.43. The maximum atomic E-state index is 13.1. The molecule has 5 heterocycles. The first-order chi connectivity index (χ1) is 14.7. The van der Waals surface area contributed by atoms with Gasteiger partial charge in [-0.1, -0.05) is 0 Å². The first-order valence-corrected chi connectivity index (χ1v) is 9.87. The van der Waals surface area contributed by atoms with Crippen LogP contribution in [0.1, 0.15) is 30.3 Å². The minimum atomic E-state index is -4.60. The molecule has 0 aromatic carbocycles. The Balaban J connectivity index is 1.75. The Hall–Kier alpha value is -3.22. The fourth-order valence-corrected chi connectivity index (χ4v) is 4.62. The lowest BCUT2D eigenvalue weighted by Gasteiger charge is -2.01. The van der Waals surface area contributed by atoms with Crippen LogP contribution < -0.4 is 0 Å². The zero-order valence-electron chi connectivity index (χ0n) is 15.9. The van der Waals surface area contributed by atoms with Crippen molar-refractivity contribution < 1.29 is 22.0 Å². The predicted octanol–water partition coefficient (Wildman–Crippen LogP) is 5.04. The van der Waals surface area contributed by atoms with E-state index >= 15 is 0 Å². The van der Waals surface area contributed by atoms with Gasteiger partial charge in [0.05, 0.1) is 5.52 Å². The Bertz CT molecular complexity index is 1460. The average molecular weight is 453 g/mol. The predicted molar refractivity (Wildman–Crippen MR) is 103 cm³/mol. The summed E-state index contributed by atoms with van der Waals surface area (Å²) in [5, 5.41) is 8.48. The molecule has 7 nitrogen and oxygen atoms in total. The molecule has 0 saturated heterocycles. The summed E-state index contributed by atoms with van der Waals surface area (Å²) in [6, 6.07) is 2.22. The molecule has 0 saturated carbocycles. The lowest BCUT2D eigenvalue weighted by atomic mass is 10.1. The molecule has 160 valence electrons. The molecule has 0 aliphatic carbocycles. The Kier molecular flexibility index (Phi) is 4.22. The molecule has 0 N–H and O–H groups in total. The van der Waals surface area contributed by atoms with Crippen molar-refractivity contribution in [1.82, 2.24) is 34.3 Å². The summed E-state index contributed by atoms with van der Waals surface area (Å²) in [4.78, 5) is 13.2. The van der Waals surface area contributed by atoms with Gasteiger partial charge in [-0.25, -0.2) is 28.2 Å². The zero-order valence-corrected chi connectivity index (χ0v) is 16.8. The minimum absolute atomic E-state index is 0.0505. The summed E-state index contributed by atoms with van der Waals surface area (Å²) in [6.45, 7) is 3.55. The second-order valence-corrected chi connectivity index (χ2v) is 7.80. The molecule has 5 aromatic heterocycles. The van der Waals surface area contributed by atoms with E-state index in [1.165, 1.54) is 21.6 Å². The standard InChI is InChI=1S/C18H12F5N7S/c1-3-29-9(5-10(27-29)18(21,22)23)15-26-16-13-12(24-6-30(16)28-15)11-7(2)4-8(14(19)20)25-17(11)31-13/h4-6,14H,3H2,1-2H3. The van der Waals surface area contributed by atoms with E-state index in [1.807, 2.05) is 0 Å². The first-order valence-electron chi connectivity index (χ1n) is 9.06. The van der Waals surface area contributed by atoms with Gasteiger partial charge in [0, 0.05) is 11.9 Å². The topological polar surface area (TPSA) is 73.8 Å². The van der Waals surface area contributed by atoms with Gasteiger partial charge in [-0.05, 0) is 31.5 Å². The molecule has 0 aliphatic rings. The van der Waals surface area contributed by atoms with Gasteiger partial charge in [-0.15, -0.1) is 16.4 Å². The highest BCUT2D eigenvalue weighted by Gasteiger charge is 2.35. The molecule has 0 bridgehead atoms. The minimum Gasteiger partial charge on any atom is -0.261 e. The van der Waals surface area contributed by atoms with Gasteiger partial charge in [0.1, 0.15) is 27.2 Å². The summed E-state index contributed by atoms with van der Waals surface area (Å²) in [5.74, 6) is 0.0505. The van der Waals surface area contributed by atoms with Gasteiger partial charge in [-0.3, -0.25) is 4.68 Å². The third-order valence-corrected chi connectivity index (χ3v) is 5.88. The van der Waals surface area contributed by atoms with Crippen molar-refractivity contribution in [2.45, 2.75) is 33.0 Å². The number of hydrogen-bond acceptors (Lipinski definition) is 6. The number of fused-ring (bicyclic) bond motifs is 5. The van der Waals surface area contributed by atoms with E-state index in [2.05, 4.69) is 25.1 Å². The first kappa shape index (κ1) is 19.7. The smallest absolute Gasteiger partial charge is 0.261 e. The third-order valence-electron chi connectivity index (χ3n) is 4.81. The Morgan fingerprint density at radius 2 is 1.90 bits per heavy atom. The monoisotopic (exact) mass is 453 g/mol. The maximum absolute atomic E-state index is 13.1. The molecule has 0 radical (unpaired) electrons. The Morgan fingerprint density at radius 3 is 2.58 bits per heavy atom. The van der Waals surface area contributed by atoms with E-state index < -0.39 is 18.3 Å². The molecule has 0 unspecified atom stereocenters. The van der Waals surface area contributed by atoms with Crippen LogP contribution in [0.15, 0.2) is 18.5 Å². The molecule has 31 heavy (non-hydrogen) atoms. The molecule has 0 amide bonds. The van der Waals surface area contributed by atoms with Crippen LogP contribution >= 0.6 is 11.3 Å². The molecule has 5 rings (SSSR count). The highest BCUT2D eigenvalue weighted by molar-refractivity contribution is 7.26. The second kappa shape index (κ2) is 6.64. The van der Waals surface area contributed by atoms with E-state index in [0.29, 0.717) is 31.6 Å². The molecule has 0 aliphatic heterocycles. The largest absolute Gasteiger partial charge is 0.435 e. The molecular weight excluding hydrogens is 441 g/mol. The Labute approximate surface area is 174 Å². The normalized spacial score (nSPS) is 12.8. The van der Waals surface area contributed by atoms with Gasteiger partial charge >= 0.3 is 6.18 Å². The highest BCUT2D eigenvalue weighted by Crippen LogP contribution is 2.37. The summed E-state index contributed by atoms with van der Waals surface area (Å²) >= 11 is 1.13. The molecule has 0 spiro atoms. The lowest BCUT2D eigenvalue weighted by Crippen LogP contribution is -2.07. The van der Waals surface area contributed by atoms with Gasteiger partial charge in [0.25, 0.3) is 6.43 Å². The van der Waals surface area contributed by atoms with E-state index in [4.69, 9.17) is 0 Å². The van der Waals surface area contributed by atoms with Crippen LogP contribution in [0.25, 0.3) is 37.6 Å². The van der Waals surface area contributed by atoms with Crippen LogP contribution in [0, 0.1) is 6.92 Å². The molecule has 5 aromatic rings. The molecule has 0 fully saturated rings.